The average Bonchev–Trinajstić information content (AvgIpc) is 2.54. The van der Waals surface area contributed by atoms with Crippen LogP contribution in [0.25, 0.3) is 0 Å². The summed E-state index contributed by atoms with van der Waals surface area (Å²) < 4.78 is 5.09. The minimum atomic E-state index is -0.653. The van der Waals surface area contributed by atoms with E-state index >= 15 is 0 Å². The van der Waals surface area contributed by atoms with Gasteiger partial charge in [-0.25, -0.2) is 4.79 Å². The summed E-state index contributed by atoms with van der Waals surface area (Å²) in [5.74, 6) is -1.47. The van der Waals surface area contributed by atoms with Gasteiger partial charge in [-0.3, -0.25) is 14.9 Å². The molecule has 6 nitrogen and oxygen atoms in total. The summed E-state index contributed by atoms with van der Waals surface area (Å²) in [6.07, 6.45) is 0.805. The van der Waals surface area contributed by atoms with Crippen LogP contribution in [0.4, 0.5) is 4.79 Å². The van der Waals surface area contributed by atoms with Crippen molar-refractivity contribution < 1.29 is 19.1 Å². The Balaban J connectivity index is 2.65. The number of ether oxygens (including phenoxy) is 1. The lowest BCUT2D eigenvalue weighted by Crippen LogP contribution is -2.41. The van der Waals surface area contributed by atoms with Gasteiger partial charge in [-0.1, -0.05) is 50.6 Å². The predicted octanol–water partition coefficient (Wildman–Crippen LogP) is 2.21. The van der Waals surface area contributed by atoms with E-state index in [1.807, 2.05) is 44.2 Å². The molecule has 0 aliphatic rings. The molecule has 0 radical (unpaired) electrons. The van der Waals surface area contributed by atoms with E-state index in [4.69, 9.17) is 4.74 Å². The summed E-state index contributed by atoms with van der Waals surface area (Å²) >= 11 is 0. The van der Waals surface area contributed by atoms with Gasteiger partial charge in [0, 0.05) is 6.54 Å². The second kappa shape index (κ2) is 9.61. The van der Waals surface area contributed by atoms with Crippen molar-refractivity contribution in [1.29, 1.82) is 0 Å². The number of urea groups is 1. The number of nitrogens with one attached hydrogen (secondary N) is 2. The lowest BCUT2D eigenvalue weighted by Gasteiger charge is -2.21. The van der Waals surface area contributed by atoms with Crippen LogP contribution < -0.4 is 10.6 Å². The Morgan fingerprint density at radius 1 is 1.13 bits per heavy atom. The zero-order valence-corrected chi connectivity index (χ0v) is 13.8. The summed E-state index contributed by atoms with van der Waals surface area (Å²) in [4.78, 5) is 35.2. The van der Waals surface area contributed by atoms with Gasteiger partial charge < -0.3 is 10.1 Å². The van der Waals surface area contributed by atoms with Crippen molar-refractivity contribution in [1.82, 2.24) is 10.6 Å². The number of carbonyl (C=O) groups excluding carboxylic acids is 3. The molecular weight excluding hydrogens is 296 g/mol. The van der Waals surface area contributed by atoms with E-state index in [2.05, 4.69) is 10.6 Å². The van der Waals surface area contributed by atoms with Crippen molar-refractivity contribution in [3.8, 4) is 0 Å². The number of carbonyl (C=O) groups is 3. The number of imide groups is 1. The van der Waals surface area contributed by atoms with Crippen LogP contribution in [0.3, 0.4) is 0 Å². The van der Waals surface area contributed by atoms with Crippen molar-refractivity contribution >= 4 is 17.9 Å². The van der Waals surface area contributed by atoms with Crippen LogP contribution in [0.1, 0.15) is 38.7 Å². The SMILES string of the molecule is CCNC(=O)NC(=O)COC(=O)[C@H](c1ccccc1)[C@@H](C)CC. The normalized spacial score (nSPS) is 12.8. The largest absolute Gasteiger partial charge is 0.455 e. The van der Waals surface area contributed by atoms with Crippen LogP contribution in [0.2, 0.25) is 0 Å². The van der Waals surface area contributed by atoms with Crippen molar-refractivity contribution in [2.75, 3.05) is 13.2 Å². The summed E-state index contributed by atoms with van der Waals surface area (Å²) in [5.41, 5.74) is 0.857. The van der Waals surface area contributed by atoms with Gasteiger partial charge in [-0.2, -0.15) is 0 Å². The zero-order valence-electron chi connectivity index (χ0n) is 13.8. The summed E-state index contributed by atoms with van der Waals surface area (Å²) in [5, 5.41) is 4.52. The molecular formula is C17H24N2O4. The molecule has 23 heavy (non-hydrogen) atoms. The highest BCUT2D eigenvalue weighted by atomic mass is 16.5. The lowest BCUT2D eigenvalue weighted by molar-refractivity contribution is -0.151. The van der Waals surface area contributed by atoms with Crippen molar-refractivity contribution in [2.24, 2.45) is 5.92 Å². The van der Waals surface area contributed by atoms with Crippen LogP contribution in [-0.4, -0.2) is 31.1 Å². The Bertz CT molecular complexity index is 531. The monoisotopic (exact) mass is 320 g/mol. The minimum Gasteiger partial charge on any atom is -0.455 e. The number of rotatable bonds is 7. The molecule has 1 aromatic carbocycles. The summed E-state index contributed by atoms with van der Waals surface area (Å²) in [6.45, 7) is 5.63. The lowest BCUT2D eigenvalue weighted by atomic mass is 9.86. The molecule has 0 saturated carbocycles. The van der Waals surface area contributed by atoms with Crippen LogP contribution in [0, 0.1) is 5.92 Å². The van der Waals surface area contributed by atoms with E-state index in [-0.39, 0.29) is 5.92 Å². The Kier molecular flexibility index (Phi) is 7.80. The summed E-state index contributed by atoms with van der Waals surface area (Å²) in [7, 11) is 0. The van der Waals surface area contributed by atoms with Crippen molar-refractivity contribution in [3.63, 3.8) is 0 Å². The number of amides is 3. The van der Waals surface area contributed by atoms with Gasteiger partial charge in [0.2, 0.25) is 0 Å². The maximum Gasteiger partial charge on any atom is 0.321 e. The second-order valence-electron chi connectivity index (χ2n) is 5.29. The van der Waals surface area contributed by atoms with Gasteiger partial charge in [0.25, 0.3) is 5.91 Å². The van der Waals surface area contributed by atoms with Gasteiger partial charge in [0.1, 0.15) is 0 Å². The van der Waals surface area contributed by atoms with Crippen molar-refractivity contribution in [2.45, 2.75) is 33.1 Å². The molecule has 0 saturated heterocycles. The molecule has 0 bridgehead atoms. The van der Waals surface area contributed by atoms with Crippen LogP contribution in [0.15, 0.2) is 30.3 Å². The number of benzene rings is 1. The molecule has 126 valence electrons. The second-order valence-corrected chi connectivity index (χ2v) is 5.29. The topological polar surface area (TPSA) is 84.5 Å². The van der Waals surface area contributed by atoms with Gasteiger partial charge in [-0.15, -0.1) is 0 Å². The molecule has 0 spiro atoms. The highest BCUT2D eigenvalue weighted by Gasteiger charge is 2.27. The van der Waals surface area contributed by atoms with Gasteiger partial charge in [-0.05, 0) is 18.4 Å². The molecule has 0 fully saturated rings. The molecule has 0 aliphatic carbocycles. The fourth-order valence-corrected chi connectivity index (χ4v) is 2.19. The molecule has 1 rings (SSSR count). The minimum absolute atomic E-state index is 0.0800. The molecule has 3 amide bonds. The molecule has 0 aliphatic heterocycles. The maximum atomic E-state index is 12.4. The average molecular weight is 320 g/mol. The Morgan fingerprint density at radius 3 is 2.35 bits per heavy atom. The first-order chi connectivity index (χ1) is 11.0. The van der Waals surface area contributed by atoms with Crippen molar-refractivity contribution in [3.05, 3.63) is 35.9 Å². The first-order valence-corrected chi connectivity index (χ1v) is 7.78. The first kappa shape index (κ1) is 18.7. The van der Waals surface area contributed by atoms with E-state index in [1.54, 1.807) is 6.92 Å². The summed E-state index contributed by atoms with van der Waals surface area (Å²) in [6, 6.07) is 8.73. The quantitative estimate of drug-likeness (QED) is 0.754. The maximum absolute atomic E-state index is 12.4. The van der Waals surface area contributed by atoms with E-state index in [9.17, 15) is 14.4 Å². The molecule has 6 heteroatoms. The molecule has 2 atom stereocenters. The highest BCUT2D eigenvalue weighted by Crippen LogP contribution is 2.28. The Labute approximate surface area is 136 Å². The van der Waals surface area contributed by atoms with E-state index in [1.165, 1.54) is 0 Å². The fraction of sp³-hybridized carbons (Fsp3) is 0.471. The zero-order chi connectivity index (χ0) is 17.2. The Morgan fingerprint density at radius 2 is 1.78 bits per heavy atom. The highest BCUT2D eigenvalue weighted by molar-refractivity contribution is 5.95. The standard InChI is InChI=1S/C17H24N2O4/c1-4-12(3)15(13-9-7-6-8-10-13)16(21)23-11-14(20)19-17(22)18-5-2/h6-10,12,15H,4-5,11H2,1-3H3,(H2,18,19,20,22)/t12-,15-/m0/s1. The fourth-order valence-electron chi connectivity index (χ4n) is 2.19. The van der Waals surface area contributed by atoms with Crippen LogP contribution in [-0.2, 0) is 14.3 Å². The van der Waals surface area contributed by atoms with Gasteiger partial charge in [0.15, 0.2) is 6.61 Å². The van der Waals surface area contributed by atoms with Crippen LogP contribution in [0.5, 0.6) is 0 Å². The number of hydrogen-bond acceptors (Lipinski definition) is 4. The first-order valence-electron chi connectivity index (χ1n) is 7.78. The molecule has 0 unspecified atom stereocenters. The van der Waals surface area contributed by atoms with Gasteiger partial charge in [0.05, 0.1) is 5.92 Å². The molecule has 2 N–H and O–H groups in total. The Hall–Kier alpha value is -2.37. The van der Waals surface area contributed by atoms with E-state index in [0.29, 0.717) is 6.54 Å². The van der Waals surface area contributed by atoms with E-state index in [0.717, 1.165) is 12.0 Å². The smallest absolute Gasteiger partial charge is 0.321 e. The molecule has 1 aromatic rings. The number of esters is 1. The molecule has 0 heterocycles. The van der Waals surface area contributed by atoms with Gasteiger partial charge >= 0.3 is 12.0 Å². The third-order valence-corrected chi connectivity index (χ3v) is 3.56. The third-order valence-electron chi connectivity index (χ3n) is 3.56. The molecule has 0 aromatic heterocycles. The van der Waals surface area contributed by atoms with Crippen LogP contribution >= 0.6 is 0 Å². The third kappa shape index (κ3) is 6.10. The predicted molar refractivity (Wildman–Crippen MR) is 86.8 cm³/mol. The van der Waals surface area contributed by atoms with E-state index < -0.39 is 30.4 Å². The number of hydrogen-bond donors (Lipinski definition) is 2.